The third kappa shape index (κ3) is 5.33. The molecule has 0 saturated carbocycles. The van der Waals surface area contributed by atoms with E-state index in [0.717, 1.165) is 43.6 Å². The lowest BCUT2D eigenvalue weighted by atomic mass is 10.0. The van der Waals surface area contributed by atoms with Crippen molar-refractivity contribution in [3.05, 3.63) is 28.8 Å². The van der Waals surface area contributed by atoms with Gasteiger partial charge in [-0.05, 0) is 69.0 Å². The number of hydrogen-bond donors (Lipinski definition) is 1. The number of aryl methyl sites for hydroxylation is 1. The lowest BCUT2D eigenvalue weighted by Crippen LogP contribution is -2.38. The maximum absolute atomic E-state index is 13.2. The van der Waals surface area contributed by atoms with Gasteiger partial charge in [0.2, 0.25) is 10.0 Å². The molecule has 7 heteroatoms. The van der Waals surface area contributed by atoms with Gasteiger partial charge in [-0.25, -0.2) is 8.42 Å². The van der Waals surface area contributed by atoms with E-state index in [2.05, 4.69) is 31.0 Å². The average molecular weight is 410 g/mol. The number of nitrogens with zero attached hydrogens (tertiary/aromatic N) is 2. The van der Waals surface area contributed by atoms with Crippen LogP contribution in [0.15, 0.2) is 17.0 Å². The molecule has 1 saturated heterocycles. The summed E-state index contributed by atoms with van der Waals surface area (Å²) in [4.78, 5) is 15.1. The Hall–Kier alpha value is -1.44. The summed E-state index contributed by atoms with van der Waals surface area (Å²) in [6.07, 6.45) is 1.76. The highest BCUT2D eigenvalue weighted by molar-refractivity contribution is 7.89. The molecule has 0 bridgehead atoms. The Morgan fingerprint density at radius 2 is 1.79 bits per heavy atom. The fraction of sp³-hybridized carbons (Fsp3) is 0.667. The van der Waals surface area contributed by atoms with E-state index in [4.69, 9.17) is 0 Å². The highest BCUT2D eigenvalue weighted by Crippen LogP contribution is 2.28. The molecule has 1 aromatic rings. The summed E-state index contributed by atoms with van der Waals surface area (Å²) < 4.78 is 28.0. The number of sulfonamides is 1. The van der Waals surface area contributed by atoms with E-state index in [1.165, 1.54) is 0 Å². The van der Waals surface area contributed by atoms with Crippen LogP contribution in [0.2, 0.25) is 0 Å². The van der Waals surface area contributed by atoms with Crippen molar-refractivity contribution in [3.63, 3.8) is 0 Å². The van der Waals surface area contributed by atoms with Gasteiger partial charge in [-0.15, -0.1) is 0 Å². The van der Waals surface area contributed by atoms with Crippen molar-refractivity contribution >= 4 is 15.9 Å². The zero-order valence-electron chi connectivity index (χ0n) is 17.9. The molecule has 1 aliphatic heterocycles. The molecule has 1 amide bonds. The van der Waals surface area contributed by atoms with Crippen molar-refractivity contribution < 1.29 is 13.2 Å². The maximum Gasteiger partial charge on any atom is 0.251 e. The predicted molar refractivity (Wildman–Crippen MR) is 113 cm³/mol. The van der Waals surface area contributed by atoms with E-state index < -0.39 is 10.0 Å². The summed E-state index contributed by atoms with van der Waals surface area (Å²) in [5, 5.41) is 2.92. The summed E-state index contributed by atoms with van der Waals surface area (Å²) in [6, 6.07) is 3.32. The van der Waals surface area contributed by atoms with Crippen LogP contribution in [-0.2, 0) is 10.0 Å². The van der Waals surface area contributed by atoms with Gasteiger partial charge >= 0.3 is 0 Å². The Bertz CT molecular complexity index is 780. The van der Waals surface area contributed by atoms with Gasteiger partial charge < -0.3 is 10.2 Å². The summed E-state index contributed by atoms with van der Waals surface area (Å²) in [7, 11) is -3.59. The third-order valence-corrected chi connectivity index (χ3v) is 7.88. The van der Waals surface area contributed by atoms with Crippen LogP contribution in [0.5, 0.6) is 0 Å². The SMILES string of the molecule is CCN(CC)CCNC(=O)c1cc(C)c(C)c(S(=O)(=O)N2CCC(C)CC2)c1. The second kappa shape index (κ2) is 9.85. The van der Waals surface area contributed by atoms with Gasteiger partial charge in [0.05, 0.1) is 4.90 Å². The first kappa shape index (κ1) is 22.8. The van der Waals surface area contributed by atoms with Crippen molar-refractivity contribution in [2.45, 2.75) is 52.4 Å². The Balaban J connectivity index is 2.20. The molecule has 0 spiro atoms. The molecule has 158 valence electrons. The summed E-state index contributed by atoms with van der Waals surface area (Å²) in [6.45, 7) is 14.3. The van der Waals surface area contributed by atoms with Crippen LogP contribution < -0.4 is 5.32 Å². The van der Waals surface area contributed by atoms with Crippen molar-refractivity contribution in [3.8, 4) is 0 Å². The molecule has 0 radical (unpaired) electrons. The number of piperidine rings is 1. The monoisotopic (exact) mass is 409 g/mol. The number of benzene rings is 1. The van der Waals surface area contributed by atoms with Gasteiger partial charge in [0, 0.05) is 31.7 Å². The molecule has 0 unspecified atom stereocenters. The van der Waals surface area contributed by atoms with E-state index >= 15 is 0 Å². The van der Waals surface area contributed by atoms with Gasteiger partial charge in [0.1, 0.15) is 0 Å². The van der Waals surface area contributed by atoms with Gasteiger partial charge in [0.15, 0.2) is 0 Å². The van der Waals surface area contributed by atoms with Crippen LogP contribution in [-0.4, -0.2) is 62.8 Å². The minimum absolute atomic E-state index is 0.223. The maximum atomic E-state index is 13.2. The first-order valence-corrected chi connectivity index (χ1v) is 11.8. The number of carbonyl (C=O) groups is 1. The van der Waals surface area contributed by atoms with Gasteiger partial charge in [-0.2, -0.15) is 4.31 Å². The van der Waals surface area contributed by atoms with Crippen LogP contribution in [0.1, 0.15) is 55.1 Å². The first-order chi connectivity index (χ1) is 13.2. The Morgan fingerprint density at radius 3 is 2.36 bits per heavy atom. The molecule has 0 aromatic heterocycles. The highest BCUT2D eigenvalue weighted by atomic mass is 32.2. The summed E-state index contributed by atoms with van der Waals surface area (Å²) in [5.74, 6) is 0.330. The average Bonchev–Trinajstić information content (AvgIpc) is 2.67. The van der Waals surface area contributed by atoms with Crippen LogP contribution in [0, 0.1) is 19.8 Å². The Morgan fingerprint density at radius 1 is 1.18 bits per heavy atom. The molecule has 0 atom stereocenters. The number of hydrogen-bond acceptors (Lipinski definition) is 4. The first-order valence-electron chi connectivity index (χ1n) is 10.3. The fourth-order valence-electron chi connectivity index (χ4n) is 3.56. The smallest absolute Gasteiger partial charge is 0.251 e. The van der Waals surface area contributed by atoms with Gasteiger partial charge in [-0.3, -0.25) is 4.79 Å². The van der Waals surface area contributed by atoms with E-state index in [0.29, 0.717) is 31.1 Å². The molecule has 0 aliphatic carbocycles. The topological polar surface area (TPSA) is 69.7 Å². The molecule has 28 heavy (non-hydrogen) atoms. The third-order valence-electron chi connectivity index (χ3n) is 5.85. The Kier molecular flexibility index (Phi) is 8.04. The zero-order chi connectivity index (χ0) is 20.9. The van der Waals surface area contributed by atoms with E-state index in [-0.39, 0.29) is 10.8 Å². The minimum Gasteiger partial charge on any atom is -0.351 e. The lowest BCUT2D eigenvalue weighted by molar-refractivity contribution is 0.0948. The summed E-state index contributed by atoms with van der Waals surface area (Å²) in [5.41, 5.74) is 1.95. The second-order valence-electron chi connectivity index (χ2n) is 7.79. The van der Waals surface area contributed by atoms with E-state index in [1.54, 1.807) is 16.4 Å². The van der Waals surface area contributed by atoms with Crippen LogP contribution in [0.3, 0.4) is 0 Å². The van der Waals surface area contributed by atoms with Crippen molar-refractivity contribution in [1.29, 1.82) is 0 Å². The number of amides is 1. The molecule has 1 heterocycles. The van der Waals surface area contributed by atoms with E-state index in [9.17, 15) is 13.2 Å². The van der Waals surface area contributed by atoms with Crippen molar-refractivity contribution in [1.82, 2.24) is 14.5 Å². The summed E-state index contributed by atoms with van der Waals surface area (Å²) >= 11 is 0. The number of carbonyl (C=O) groups excluding carboxylic acids is 1. The van der Waals surface area contributed by atoms with Gasteiger partial charge in [-0.1, -0.05) is 20.8 Å². The van der Waals surface area contributed by atoms with Gasteiger partial charge in [0.25, 0.3) is 5.91 Å². The molecule has 2 rings (SSSR count). The standard InChI is InChI=1S/C21H35N3O3S/c1-6-23(7-2)13-10-22-21(25)19-14-17(4)18(5)20(15-19)28(26,27)24-11-8-16(3)9-12-24/h14-16H,6-13H2,1-5H3,(H,22,25). The Labute approximate surface area is 170 Å². The quantitative estimate of drug-likeness (QED) is 0.717. The minimum atomic E-state index is -3.59. The lowest BCUT2D eigenvalue weighted by Gasteiger charge is -2.30. The molecule has 1 aromatic carbocycles. The number of nitrogens with one attached hydrogen (secondary N) is 1. The van der Waals surface area contributed by atoms with Crippen molar-refractivity contribution in [2.24, 2.45) is 5.92 Å². The van der Waals surface area contributed by atoms with Crippen LogP contribution in [0.4, 0.5) is 0 Å². The molecule has 6 nitrogen and oxygen atoms in total. The molecule has 1 N–H and O–H groups in total. The normalized spacial score (nSPS) is 16.5. The predicted octanol–water partition coefficient (Wildman–Crippen LogP) is 2.80. The zero-order valence-corrected chi connectivity index (χ0v) is 18.7. The molecular weight excluding hydrogens is 374 g/mol. The number of likely N-dealkylation sites (N-methyl/N-ethyl adjacent to an activating group) is 1. The van der Waals surface area contributed by atoms with E-state index in [1.807, 2.05) is 13.8 Å². The second-order valence-corrected chi connectivity index (χ2v) is 9.69. The fourth-order valence-corrected chi connectivity index (χ4v) is 5.35. The van der Waals surface area contributed by atoms with Crippen LogP contribution >= 0.6 is 0 Å². The largest absolute Gasteiger partial charge is 0.351 e. The highest BCUT2D eigenvalue weighted by Gasteiger charge is 2.30. The molecular formula is C21H35N3O3S. The number of rotatable bonds is 8. The molecule has 1 aliphatic rings. The van der Waals surface area contributed by atoms with Crippen LogP contribution in [0.25, 0.3) is 0 Å². The molecule has 1 fully saturated rings. The van der Waals surface area contributed by atoms with Crippen molar-refractivity contribution in [2.75, 3.05) is 39.3 Å².